The number of hydrogen-bond donors (Lipinski definition) is 0. The second-order valence-electron chi connectivity index (χ2n) is 36.8. The number of aromatic nitrogens is 6. The predicted molar refractivity (Wildman–Crippen MR) is 596 cm³/mol. The lowest BCUT2D eigenvalue weighted by Crippen LogP contribution is -2.03. The smallest absolute Gasteiger partial charge is 0.211 e. The minimum absolute atomic E-state index is 0.531. The molecule has 15 nitrogen and oxygen atoms in total. The fourth-order valence-corrected chi connectivity index (χ4v) is 23.4. The van der Waals surface area contributed by atoms with Gasteiger partial charge in [0.25, 0.3) is 0 Å². The highest BCUT2D eigenvalue weighted by Gasteiger charge is 2.32. The van der Waals surface area contributed by atoms with E-state index >= 15 is 0 Å². The molecule has 0 amide bonds. The Hall–Kier alpha value is -21.2. The number of nitrogens with zero attached hydrogens (tertiary/aromatic N) is 12. The second kappa shape index (κ2) is 33.2. The van der Waals surface area contributed by atoms with Crippen LogP contribution in [0, 0.1) is 53.7 Å². The zero-order chi connectivity index (χ0) is 97.9. The van der Waals surface area contributed by atoms with Crippen LogP contribution in [-0.4, -0.2) is 27.4 Å². The molecule has 0 atom stereocenters. The van der Waals surface area contributed by atoms with Crippen molar-refractivity contribution in [2.75, 3.05) is 0 Å². The first-order chi connectivity index (χ1) is 72.8. The van der Waals surface area contributed by atoms with Crippen molar-refractivity contribution in [3.05, 3.63) is 488 Å². The summed E-state index contributed by atoms with van der Waals surface area (Å²) in [5.41, 5.74) is 30.0. The van der Waals surface area contributed by atoms with E-state index in [4.69, 9.17) is 33.0 Å². The highest BCUT2D eigenvalue weighted by Crippen LogP contribution is 2.53. The first kappa shape index (κ1) is 83.9. The Balaban J connectivity index is 0.000000107. The molecule has 21 aromatic carbocycles. The van der Waals surface area contributed by atoms with Gasteiger partial charge < -0.3 is 40.7 Å². The molecule has 678 valence electrons. The van der Waals surface area contributed by atoms with Crippen LogP contribution in [0.5, 0.6) is 0 Å². The van der Waals surface area contributed by atoms with Crippen LogP contribution in [0.4, 0.5) is 17.1 Å². The Morgan fingerprint density at radius 2 is 0.449 bits per heavy atom. The van der Waals surface area contributed by atoms with E-state index in [-0.39, 0.29) is 0 Å². The fraction of sp³-hybridized carbons (Fsp3) is 0. The number of hydrogen-bond acceptors (Lipinski definition) is 6. The maximum Gasteiger partial charge on any atom is 0.211 e. The number of para-hydroxylation sites is 18. The molecular weight excluding hydrogens is 1800 g/mol. The van der Waals surface area contributed by atoms with E-state index in [9.17, 15) is 15.8 Å². The summed E-state index contributed by atoms with van der Waals surface area (Å²) in [4.78, 5) is 12.2. The number of furan rings is 3. The number of benzene rings is 21. The Morgan fingerprint density at radius 1 is 0.177 bits per heavy atom. The Morgan fingerprint density at radius 3 is 0.830 bits per heavy atom. The van der Waals surface area contributed by atoms with Crippen molar-refractivity contribution in [1.29, 1.82) is 15.8 Å². The van der Waals surface area contributed by atoms with Gasteiger partial charge in [-0.2, -0.15) is 15.8 Å². The van der Waals surface area contributed by atoms with Gasteiger partial charge in [0.15, 0.2) is 0 Å². The lowest BCUT2D eigenvalue weighted by Gasteiger charge is -2.20. The van der Waals surface area contributed by atoms with Gasteiger partial charge in [0.05, 0.1) is 142 Å². The molecule has 0 N–H and O–H groups in total. The second-order valence-corrected chi connectivity index (χ2v) is 36.8. The van der Waals surface area contributed by atoms with Crippen LogP contribution in [0.1, 0.15) is 16.7 Å². The summed E-state index contributed by atoms with van der Waals surface area (Å²) in [5.74, 6) is 0. The average Bonchev–Trinajstić information content (AvgIpc) is 1.56. The molecule has 0 radical (unpaired) electrons. The molecule has 15 heteroatoms. The van der Waals surface area contributed by atoms with Crippen LogP contribution in [0.2, 0.25) is 0 Å². The molecule has 30 rings (SSSR count). The number of nitriles is 3. The first-order valence-corrected chi connectivity index (χ1v) is 48.4. The highest BCUT2D eigenvalue weighted by molar-refractivity contribution is 6.29. The SMILES string of the molecule is [C-]#[N+]c1cccc(-c2cccc(C#N)c2-n2c3ccccc3c3c4c(ccc32)oc2ccccc24)c1-n1c2ccccc2c2ccccc21.[C-]#[N+]c1cccc(-c2cccc(C#N)c2-n2c3ccccc3c3c4oc5ccccc5c4ccc32)c1-n1c2ccccc2c2ccccc21.[C-]#[N+]c1cccc(-c2cccc(C#N)c2-n2c3ccccc3c3cc4oc5ccccc5c4cc32)c1-n1c2ccccc2c2ccccc21. The summed E-state index contributed by atoms with van der Waals surface area (Å²) in [6.07, 6.45) is 0. The van der Waals surface area contributed by atoms with Crippen molar-refractivity contribution in [3.8, 4) is 85.7 Å². The van der Waals surface area contributed by atoms with E-state index in [1.54, 1.807) is 0 Å². The maximum atomic E-state index is 10.7. The quantitative estimate of drug-likeness (QED) is 0.131. The topological polar surface area (TPSA) is 153 Å². The van der Waals surface area contributed by atoms with Gasteiger partial charge in [-0.1, -0.05) is 309 Å². The average molecular weight is 1870 g/mol. The van der Waals surface area contributed by atoms with Crippen LogP contribution in [-0.2, 0) is 0 Å². The van der Waals surface area contributed by atoms with Gasteiger partial charge in [0.2, 0.25) is 17.1 Å². The molecule has 0 bridgehead atoms. The third-order valence-corrected chi connectivity index (χ3v) is 29.4. The molecule has 30 aromatic rings. The Kier molecular flexibility index (Phi) is 19.0. The highest BCUT2D eigenvalue weighted by atomic mass is 16.3. The zero-order valence-electron chi connectivity index (χ0n) is 78.2. The standard InChI is InChI=1S/3C44H24N4O/c1-46-35-19-11-18-32(43(35)47-36-20-6-2-13-28(36)29-14-3-7-21-37(29)47)31-17-10-12-27(26-45)42(31)48-38-22-8-4-16-34(38)41-39(48)25-24-33-30-15-5-9-23-40(30)49-44(33)41;1-46-36-19-11-18-33(44(36)47-37-20-6-2-13-28(37)29-14-3-7-21-38(29)47)32-17-10-12-27(26-45)43(32)48-39-22-8-4-15-30(39)34-25-42-35(24-40(34)48)31-16-5-9-23-41(31)49-42;1-46-34-19-11-18-31(44(34)47-35-20-6-2-13-28(35)29-14-3-7-21-36(29)47)30-17-10-12-27(26-45)43(30)48-37-22-8-4-15-32(37)41-38(48)24-25-40-42(41)33-16-5-9-23-39(33)49-40/h3*2-25H. The van der Waals surface area contributed by atoms with Crippen molar-refractivity contribution in [1.82, 2.24) is 27.4 Å². The third kappa shape index (κ3) is 12.4. The van der Waals surface area contributed by atoms with Gasteiger partial charge in [0.1, 0.15) is 51.7 Å². The van der Waals surface area contributed by atoms with Crippen molar-refractivity contribution >= 4 is 214 Å². The van der Waals surface area contributed by atoms with Gasteiger partial charge >= 0.3 is 0 Å². The molecule has 9 aromatic heterocycles. The molecule has 0 aliphatic rings. The molecule has 0 aliphatic carbocycles. The van der Waals surface area contributed by atoms with Crippen LogP contribution in [0.3, 0.4) is 0 Å². The number of rotatable bonds is 9. The molecule has 0 unspecified atom stereocenters. The van der Waals surface area contributed by atoms with Gasteiger partial charge in [-0.05, 0) is 144 Å². The molecule has 0 saturated heterocycles. The van der Waals surface area contributed by atoms with E-state index in [2.05, 4.69) is 297 Å². The molecule has 0 aliphatic heterocycles. The fourth-order valence-electron chi connectivity index (χ4n) is 23.4. The number of fused-ring (bicyclic) bond motifs is 29. The van der Waals surface area contributed by atoms with Crippen molar-refractivity contribution in [2.45, 2.75) is 0 Å². The van der Waals surface area contributed by atoms with Crippen LogP contribution >= 0.6 is 0 Å². The van der Waals surface area contributed by atoms with E-state index in [1.807, 2.05) is 200 Å². The van der Waals surface area contributed by atoms with Crippen LogP contribution in [0.15, 0.2) is 450 Å². The summed E-state index contributed by atoms with van der Waals surface area (Å²) < 4.78 is 32.5. The zero-order valence-corrected chi connectivity index (χ0v) is 78.2. The molecular formula is C132H72N12O3. The maximum absolute atomic E-state index is 10.7. The van der Waals surface area contributed by atoms with Gasteiger partial charge in [-0.15, -0.1) is 0 Å². The lowest BCUT2D eigenvalue weighted by atomic mass is 9.97. The van der Waals surface area contributed by atoms with Crippen molar-refractivity contribution < 1.29 is 13.3 Å². The summed E-state index contributed by atoms with van der Waals surface area (Å²) in [6.45, 7) is 25.0. The van der Waals surface area contributed by atoms with Crippen LogP contribution in [0.25, 0.3) is 279 Å². The predicted octanol–water partition coefficient (Wildman–Crippen LogP) is 35.6. The normalized spacial score (nSPS) is 11.6. The summed E-state index contributed by atoms with van der Waals surface area (Å²) in [6, 6.07) is 155. The summed E-state index contributed by atoms with van der Waals surface area (Å²) >= 11 is 0. The van der Waals surface area contributed by atoms with Crippen molar-refractivity contribution in [3.63, 3.8) is 0 Å². The minimum Gasteiger partial charge on any atom is -0.456 e. The lowest BCUT2D eigenvalue weighted by molar-refractivity contribution is 0.669. The van der Waals surface area contributed by atoms with Crippen molar-refractivity contribution in [2.24, 2.45) is 0 Å². The summed E-state index contributed by atoms with van der Waals surface area (Å²) in [5, 5.41) is 51.4. The summed E-state index contributed by atoms with van der Waals surface area (Å²) in [7, 11) is 0. The minimum atomic E-state index is 0.531. The third-order valence-electron chi connectivity index (χ3n) is 29.4. The van der Waals surface area contributed by atoms with Crippen LogP contribution < -0.4 is 0 Å². The van der Waals surface area contributed by atoms with E-state index in [1.165, 1.54) is 0 Å². The molecule has 147 heavy (non-hydrogen) atoms. The van der Waals surface area contributed by atoms with Gasteiger partial charge in [-0.3, -0.25) is 0 Å². The van der Waals surface area contributed by atoms with E-state index < -0.39 is 0 Å². The van der Waals surface area contributed by atoms with Gasteiger partial charge in [0, 0.05) is 108 Å². The molecule has 0 spiro atoms. The monoisotopic (exact) mass is 1870 g/mol. The Bertz CT molecular complexity index is 10900. The largest absolute Gasteiger partial charge is 0.456 e. The first-order valence-electron chi connectivity index (χ1n) is 48.4. The molecule has 0 saturated carbocycles. The molecule has 9 heterocycles. The van der Waals surface area contributed by atoms with E-state index in [0.717, 1.165) is 264 Å². The Labute approximate surface area is 837 Å². The van der Waals surface area contributed by atoms with E-state index in [0.29, 0.717) is 33.8 Å². The van der Waals surface area contributed by atoms with Gasteiger partial charge in [-0.25, -0.2) is 14.5 Å². The molecule has 0 fully saturated rings.